The number of nitro groups is 1. The molecule has 1 aliphatic heterocycles. The molecule has 162 valence electrons. The van der Waals surface area contributed by atoms with Crippen molar-refractivity contribution in [2.75, 3.05) is 6.54 Å². The SMILES string of the molecule is O=C1C(=O)N(CCC[n+]2cc[nH]c2)C(c2ccc([N+](=O)[O-])cc2)C1=C(O)c1ccncc1. The maximum absolute atomic E-state index is 12.9. The molecule has 1 saturated heterocycles. The minimum atomic E-state index is -0.861. The molecule has 1 amide bonds. The van der Waals surface area contributed by atoms with Crippen molar-refractivity contribution in [3.63, 3.8) is 0 Å². The number of hydrogen-bond acceptors (Lipinski definition) is 6. The quantitative estimate of drug-likeness (QED) is 0.146. The maximum atomic E-state index is 12.9. The molecule has 32 heavy (non-hydrogen) atoms. The molecule has 1 atom stereocenters. The zero-order valence-electron chi connectivity index (χ0n) is 16.9. The zero-order valence-corrected chi connectivity index (χ0v) is 16.9. The predicted octanol–water partition coefficient (Wildman–Crippen LogP) is 2.12. The van der Waals surface area contributed by atoms with Crippen LogP contribution in [0.4, 0.5) is 5.69 Å². The van der Waals surface area contributed by atoms with Crippen LogP contribution >= 0.6 is 0 Å². The molecule has 1 aromatic carbocycles. The Balaban J connectivity index is 1.73. The fourth-order valence-electron chi connectivity index (χ4n) is 3.78. The normalized spacial score (nSPS) is 17.6. The van der Waals surface area contributed by atoms with Gasteiger partial charge in [-0.05, 0) is 29.8 Å². The van der Waals surface area contributed by atoms with E-state index in [1.165, 1.54) is 53.7 Å². The number of aromatic nitrogens is 3. The highest BCUT2D eigenvalue weighted by molar-refractivity contribution is 6.46. The van der Waals surface area contributed by atoms with Crippen LogP contribution in [-0.2, 0) is 16.1 Å². The Morgan fingerprint density at radius 3 is 2.53 bits per heavy atom. The van der Waals surface area contributed by atoms with Crippen LogP contribution in [0.1, 0.15) is 23.6 Å². The lowest BCUT2D eigenvalue weighted by atomic mass is 9.95. The van der Waals surface area contributed by atoms with Crippen molar-refractivity contribution >= 4 is 23.1 Å². The number of pyridine rings is 1. The van der Waals surface area contributed by atoms with E-state index < -0.39 is 22.7 Å². The lowest BCUT2D eigenvalue weighted by molar-refractivity contribution is -0.695. The van der Waals surface area contributed by atoms with E-state index in [2.05, 4.69) is 9.97 Å². The van der Waals surface area contributed by atoms with Gasteiger partial charge >= 0.3 is 0 Å². The molecule has 3 heterocycles. The van der Waals surface area contributed by atoms with Gasteiger partial charge in [0, 0.05) is 43.1 Å². The van der Waals surface area contributed by atoms with Crippen LogP contribution < -0.4 is 4.57 Å². The first-order valence-electron chi connectivity index (χ1n) is 9.92. The first kappa shape index (κ1) is 20.9. The molecule has 4 rings (SSSR count). The number of hydrogen-bond donors (Lipinski definition) is 2. The minimum Gasteiger partial charge on any atom is -0.507 e. The van der Waals surface area contributed by atoms with E-state index >= 15 is 0 Å². The third kappa shape index (κ3) is 3.97. The van der Waals surface area contributed by atoms with Gasteiger partial charge in [-0.25, -0.2) is 4.57 Å². The Kier molecular flexibility index (Phi) is 5.75. The summed E-state index contributed by atoms with van der Waals surface area (Å²) in [5, 5.41) is 22.0. The second-order valence-electron chi connectivity index (χ2n) is 7.28. The van der Waals surface area contributed by atoms with Gasteiger partial charge in [-0.3, -0.25) is 29.7 Å². The van der Waals surface area contributed by atoms with Gasteiger partial charge in [0.2, 0.25) is 6.33 Å². The number of amides is 1. The summed E-state index contributed by atoms with van der Waals surface area (Å²) < 4.78 is 1.91. The van der Waals surface area contributed by atoms with Gasteiger partial charge in [-0.15, -0.1) is 0 Å². The largest absolute Gasteiger partial charge is 0.507 e. The van der Waals surface area contributed by atoms with Gasteiger partial charge in [0.15, 0.2) is 0 Å². The zero-order chi connectivity index (χ0) is 22.7. The van der Waals surface area contributed by atoms with Crippen molar-refractivity contribution in [2.45, 2.75) is 19.0 Å². The lowest BCUT2D eigenvalue weighted by Gasteiger charge is -2.25. The molecule has 1 unspecified atom stereocenters. The number of nitrogens with zero attached hydrogens (tertiary/aromatic N) is 4. The van der Waals surface area contributed by atoms with E-state index in [0.29, 0.717) is 24.1 Å². The van der Waals surface area contributed by atoms with Gasteiger partial charge in [0.1, 0.15) is 18.2 Å². The lowest BCUT2D eigenvalue weighted by Crippen LogP contribution is -2.36. The van der Waals surface area contributed by atoms with Crippen molar-refractivity contribution in [3.05, 3.63) is 94.3 Å². The topological polar surface area (TPSA) is 133 Å². The standard InChI is InChI=1S/C22H19N5O5/c28-20(16-6-8-23-9-7-16)18-19(15-2-4-17(5-3-15)27(31)32)26(22(30)21(18)29)12-1-11-25-13-10-24-14-25/h2-10,13-14,19H,1,11-12H2,(H,28,29)/p+1. The minimum absolute atomic E-state index is 0.0515. The smallest absolute Gasteiger partial charge is 0.295 e. The summed E-state index contributed by atoms with van der Waals surface area (Å²) in [5.74, 6) is -1.82. The van der Waals surface area contributed by atoms with Crippen LogP contribution in [-0.4, -0.2) is 43.1 Å². The van der Waals surface area contributed by atoms with Gasteiger partial charge in [0.25, 0.3) is 17.4 Å². The summed E-state index contributed by atoms with van der Waals surface area (Å²) in [6.07, 6.45) is 8.92. The number of nitrogens with one attached hydrogen (secondary N) is 1. The molecular weight excluding hydrogens is 414 g/mol. The Morgan fingerprint density at radius 2 is 1.91 bits per heavy atom. The van der Waals surface area contributed by atoms with Crippen molar-refractivity contribution in [3.8, 4) is 0 Å². The second kappa shape index (κ2) is 8.80. The molecule has 2 N–H and O–H groups in total. The first-order chi connectivity index (χ1) is 15.5. The summed E-state index contributed by atoms with van der Waals surface area (Å²) in [5.41, 5.74) is 0.695. The van der Waals surface area contributed by atoms with E-state index in [9.17, 15) is 24.8 Å². The van der Waals surface area contributed by atoms with Crippen molar-refractivity contribution in [2.24, 2.45) is 0 Å². The monoisotopic (exact) mass is 434 g/mol. The van der Waals surface area contributed by atoms with Crippen LogP contribution in [0.2, 0.25) is 0 Å². The molecule has 10 heteroatoms. The summed E-state index contributed by atoms with van der Waals surface area (Å²) in [4.78, 5) is 44.6. The second-order valence-corrected chi connectivity index (χ2v) is 7.28. The van der Waals surface area contributed by atoms with Crippen molar-refractivity contribution in [1.82, 2.24) is 14.9 Å². The molecule has 10 nitrogen and oxygen atoms in total. The number of nitro benzene ring substituents is 1. The predicted molar refractivity (Wildman–Crippen MR) is 112 cm³/mol. The number of aromatic amines is 1. The third-order valence-corrected chi connectivity index (χ3v) is 5.33. The highest BCUT2D eigenvalue weighted by atomic mass is 16.6. The van der Waals surface area contributed by atoms with Crippen LogP contribution in [0.3, 0.4) is 0 Å². The Labute approximate surface area is 182 Å². The number of Topliss-reactive ketones (excluding diaryl/α,β-unsaturated/α-hetero) is 1. The number of aliphatic hydroxyl groups is 1. The van der Waals surface area contributed by atoms with Crippen LogP contribution in [0.5, 0.6) is 0 Å². The molecule has 0 bridgehead atoms. The number of imidazole rings is 1. The molecule has 0 aliphatic carbocycles. The van der Waals surface area contributed by atoms with E-state index in [1.54, 1.807) is 12.5 Å². The van der Waals surface area contributed by atoms with E-state index in [-0.39, 0.29) is 23.6 Å². The number of rotatable bonds is 7. The number of benzene rings is 1. The van der Waals surface area contributed by atoms with Gasteiger partial charge in [0.05, 0.1) is 23.1 Å². The van der Waals surface area contributed by atoms with Gasteiger partial charge in [-0.1, -0.05) is 0 Å². The highest BCUT2D eigenvalue weighted by Gasteiger charge is 2.45. The number of carbonyl (C=O) groups is 2. The van der Waals surface area contributed by atoms with Crippen molar-refractivity contribution in [1.29, 1.82) is 0 Å². The molecule has 1 fully saturated rings. The maximum Gasteiger partial charge on any atom is 0.295 e. The summed E-state index contributed by atoms with van der Waals surface area (Å²) in [7, 11) is 0. The molecular formula is C22H20N5O5+. The average molecular weight is 434 g/mol. The number of ketones is 1. The number of H-pyrrole nitrogens is 1. The number of aryl methyl sites for hydroxylation is 1. The molecule has 2 aromatic heterocycles. The fraction of sp³-hybridized carbons (Fsp3) is 0.182. The summed E-state index contributed by atoms with van der Waals surface area (Å²) in [6.45, 7) is 0.876. The average Bonchev–Trinajstić information content (AvgIpc) is 3.41. The highest BCUT2D eigenvalue weighted by Crippen LogP contribution is 2.39. The van der Waals surface area contributed by atoms with Gasteiger partial charge in [-0.2, -0.15) is 0 Å². The number of non-ortho nitro benzene ring substituents is 1. The van der Waals surface area contributed by atoms with E-state index in [4.69, 9.17) is 0 Å². The molecule has 3 aromatic rings. The third-order valence-electron chi connectivity index (χ3n) is 5.33. The molecule has 1 aliphatic rings. The summed E-state index contributed by atoms with van der Waals surface area (Å²) in [6, 6.07) is 7.86. The number of aliphatic hydroxyl groups excluding tert-OH is 1. The Hall–Kier alpha value is -4.34. The number of likely N-dealkylation sites (tertiary alicyclic amines) is 1. The molecule has 0 saturated carbocycles. The molecule has 0 radical (unpaired) electrons. The number of carbonyl (C=O) groups excluding carboxylic acids is 2. The van der Waals surface area contributed by atoms with Crippen LogP contribution in [0.25, 0.3) is 5.76 Å². The van der Waals surface area contributed by atoms with Crippen LogP contribution in [0.15, 0.2) is 73.1 Å². The Bertz CT molecular complexity index is 1170. The van der Waals surface area contributed by atoms with E-state index in [0.717, 1.165) is 0 Å². The summed E-state index contributed by atoms with van der Waals surface area (Å²) >= 11 is 0. The van der Waals surface area contributed by atoms with Crippen molar-refractivity contribution < 1.29 is 24.2 Å². The fourth-order valence-corrected chi connectivity index (χ4v) is 3.78. The first-order valence-corrected chi connectivity index (χ1v) is 9.92. The van der Waals surface area contributed by atoms with Crippen LogP contribution in [0, 0.1) is 10.1 Å². The van der Waals surface area contributed by atoms with E-state index in [1.807, 2.05) is 10.8 Å². The Morgan fingerprint density at radius 1 is 1.19 bits per heavy atom. The van der Waals surface area contributed by atoms with Gasteiger partial charge < -0.3 is 10.0 Å². The molecule has 0 spiro atoms.